The molecule has 0 unspecified atom stereocenters. The highest BCUT2D eigenvalue weighted by molar-refractivity contribution is 5.78. The Hall–Kier alpha value is -2.17. The second-order valence-electron chi connectivity index (χ2n) is 6.49. The number of piperidine rings is 1. The van der Waals surface area contributed by atoms with Crippen LogP contribution in [0.4, 0.5) is 0 Å². The van der Waals surface area contributed by atoms with E-state index in [-0.39, 0.29) is 11.9 Å². The highest BCUT2D eigenvalue weighted by Gasteiger charge is 2.26. The maximum absolute atomic E-state index is 12.6. The van der Waals surface area contributed by atoms with E-state index < -0.39 is 0 Å². The van der Waals surface area contributed by atoms with Gasteiger partial charge in [-0.25, -0.2) is 0 Å². The van der Waals surface area contributed by atoms with Gasteiger partial charge in [0, 0.05) is 30.7 Å². The van der Waals surface area contributed by atoms with E-state index in [0.717, 1.165) is 42.9 Å². The van der Waals surface area contributed by atoms with Crippen molar-refractivity contribution in [3.63, 3.8) is 0 Å². The average Bonchev–Trinajstić information content (AvgIpc) is 2.88. The molecule has 5 heteroatoms. The fraction of sp³-hybridized carbons (Fsp3) is 0.500. The summed E-state index contributed by atoms with van der Waals surface area (Å²) in [5.41, 5.74) is 4.17. The molecule has 0 radical (unpaired) electrons. The Kier molecular flexibility index (Phi) is 4.46. The molecule has 1 aliphatic heterocycles. The van der Waals surface area contributed by atoms with Gasteiger partial charge in [0.05, 0.1) is 18.2 Å². The Bertz CT molecular complexity index is 690. The second kappa shape index (κ2) is 6.52. The fourth-order valence-corrected chi connectivity index (χ4v) is 3.29. The molecule has 1 aliphatic rings. The largest absolute Gasteiger partial charge is 0.340 e. The van der Waals surface area contributed by atoms with E-state index in [2.05, 4.69) is 27.8 Å². The Labute approximate surface area is 137 Å². The van der Waals surface area contributed by atoms with E-state index in [4.69, 9.17) is 0 Å². The number of hydrogen-bond acceptors (Lipinski definition) is 3. The fourth-order valence-electron chi connectivity index (χ4n) is 3.29. The molecule has 0 bridgehead atoms. The highest BCUT2D eigenvalue weighted by atomic mass is 16.2. The van der Waals surface area contributed by atoms with Crippen LogP contribution in [0.3, 0.4) is 0 Å². The summed E-state index contributed by atoms with van der Waals surface area (Å²) in [6.07, 6.45) is 4.34. The predicted molar refractivity (Wildman–Crippen MR) is 89.2 cm³/mol. The van der Waals surface area contributed by atoms with Crippen LogP contribution in [0.1, 0.15) is 41.5 Å². The van der Waals surface area contributed by atoms with E-state index in [1.54, 1.807) is 6.20 Å². The number of hydrogen-bond donors (Lipinski definition) is 0. The lowest BCUT2D eigenvalue weighted by molar-refractivity contribution is -0.132. The van der Waals surface area contributed by atoms with Gasteiger partial charge in [-0.05, 0) is 51.3 Å². The van der Waals surface area contributed by atoms with Gasteiger partial charge in [0.15, 0.2) is 0 Å². The van der Waals surface area contributed by atoms with Gasteiger partial charge >= 0.3 is 0 Å². The van der Waals surface area contributed by atoms with Gasteiger partial charge in [-0.3, -0.25) is 14.5 Å². The van der Waals surface area contributed by atoms with E-state index in [1.807, 2.05) is 30.9 Å². The normalized spacial score (nSPS) is 18.2. The molecule has 3 rings (SSSR count). The molecule has 0 saturated carbocycles. The maximum atomic E-state index is 12.6. The molecule has 1 atom stereocenters. The molecule has 0 aliphatic carbocycles. The van der Waals surface area contributed by atoms with Crippen LogP contribution in [-0.4, -0.2) is 38.7 Å². The smallest absolute Gasteiger partial charge is 0.227 e. The highest BCUT2D eigenvalue weighted by Crippen LogP contribution is 2.23. The second-order valence-corrected chi connectivity index (χ2v) is 6.49. The molecule has 3 heterocycles. The van der Waals surface area contributed by atoms with Crippen molar-refractivity contribution >= 4 is 5.91 Å². The third kappa shape index (κ3) is 3.60. The average molecular weight is 312 g/mol. The van der Waals surface area contributed by atoms with Crippen molar-refractivity contribution in [3.8, 4) is 0 Å². The first-order valence-corrected chi connectivity index (χ1v) is 8.25. The van der Waals surface area contributed by atoms with E-state index >= 15 is 0 Å². The molecular formula is C18H24N4O. The molecule has 0 N–H and O–H groups in total. The molecule has 1 amide bonds. The van der Waals surface area contributed by atoms with Crippen LogP contribution in [0.25, 0.3) is 0 Å². The third-order valence-electron chi connectivity index (χ3n) is 4.47. The zero-order chi connectivity index (χ0) is 16.4. The van der Waals surface area contributed by atoms with Gasteiger partial charge in [0.1, 0.15) is 0 Å². The molecule has 2 aromatic heterocycles. The van der Waals surface area contributed by atoms with Gasteiger partial charge in [0.25, 0.3) is 0 Å². The molecule has 0 spiro atoms. The lowest BCUT2D eigenvalue weighted by Gasteiger charge is -2.33. The van der Waals surface area contributed by atoms with Crippen molar-refractivity contribution in [2.24, 2.45) is 0 Å². The first-order chi connectivity index (χ1) is 11.0. The van der Waals surface area contributed by atoms with Crippen molar-refractivity contribution in [3.05, 3.63) is 47.0 Å². The summed E-state index contributed by atoms with van der Waals surface area (Å²) in [6, 6.07) is 6.33. The lowest BCUT2D eigenvalue weighted by atomic mass is 10.0. The summed E-state index contributed by atoms with van der Waals surface area (Å²) >= 11 is 0. The van der Waals surface area contributed by atoms with E-state index in [9.17, 15) is 4.79 Å². The molecule has 1 fully saturated rings. The summed E-state index contributed by atoms with van der Waals surface area (Å²) < 4.78 is 2.09. The Morgan fingerprint density at radius 3 is 2.74 bits per heavy atom. The van der Waals surface area contributed by atoms with Crippen molar-refractivity contribution in [2.75, 3.05) is 13.1 Å². The van der Waals surface area contributed by atoms with Gasteiger partial charge in [-0.15, -0.1) is 0 Å². The van der Waals surface area contributed by atoms with E-state index in [1.165, 1.54) is 5.69 Å². The number of aryl methyl sites for hydroxylation is 3. The maximum Gasteiger partial charge on any atom is 0.227 e. The first kappa shape index (κ1) is 15.7. The number of rotatable bonds is 3. The number of carbonyl (C=O) groups is 1. The van der Waals surface area contributed by atoms with Crippen LogP contribution >= 0.6 is 0 Å². The SMILES string of the molecule is Cc1ccc(CC(=O)N2CCC[C@@H](n3nc(C)cc3C)C2)cn1. The molecule has 2 aromatic rings. The molecule has 5 nitrogen and oxygen atoms in total. The van der Waals surface area contributed by atoms with Gasteiger partial charge in [-0.1, -0.05) is 6.07 Å². The monoisotopic (exact) mass is 312 g/mol. The van der Waals surface area contributed by atoms with Crippen molar-refractivity contribution in [1.29, 1.82) is 0 Å². The van der Waals surface area contributed by atoms with Crippen molar-refractivity contribution in [1.82, 2.24) is 19.7 Å². The summed E-state index contributed by atoms with van der Waals surface area (Å²) in [4.78, 5) is 18.8. The van der Waals surface area contributed by atoms with Crippen LogP contribution in [0.15, 0.2) is 24.4 Å². The number of pyridine rings is 1. The third-order valence-corrected chi connectivity index (χ3v) is 4.47. The lowest BCUT2D eigenvalue weighted by Crippen LogP contribution is -2.41. The summed E-state index contributed by atoms with van der Waals surface area (Å²) in [5.74, 6) is 0.182. The zero-order valence-electron chi connectivity index (χ0n) is 14.1. The quantitative estimate of drug-likeness (QED) is 0.875. The van der Waals surface area contributed by atoms with Crippen LogP contribution < -0.4 is 0 Å². The number of carbonyl (C=O) groups excluding carboxylic acids is 1. The van der Waals surface area contributed by atoms with Crippen LogP contribution in [0, 0.1) is 20.8 Å². The van der Waals surface area contributed by atoms with Gasteiger partial charge in [0.2, 0.25) is 5.91 Å². The van der Waals surface area contributed by atoms with Gasteiger partial charge in [-0.2, -0.15) is 5.10 Å². The minimum atomic E-state index is 0.182. The Morgan fingerprint density at radius 2 is 2.09 bits per heavy atom. The zero-order valence-corrected chi connectivity index (χ0v) is 14.1. The van der Waals surface area contributed by atoms with E-state index in [0.29, 0.717) is 6.42 Å². The summed E-state index contributed by atoms with van der Waals surface area (Å²) in [5, 5.41) is 4.59. The molecule has 0 aromatic carbocycles. The standard InChI is InChI=1S/C18H24N4O/c1-13-6-7-16(11-19-13)10-18(23)21-8-4-5-17(12-21)22-15(3)9-14(2)20-22/h6-7,9,11,17H,4-5,8,10,12H2,1-3H3/t17-/m1/s1. The molecule has 122 valence electrons. The Morgan fingerprint density at radius 1 is 1.26 bits per heavy atom. The number of nitrogens with zero attached hydrogens (tertiary/aromatic N) is 4. The van der Waals surface area contributed by atoms with Crippen LogP contribution in [-0.2, 0) is 11.2 Å². The minimum absolute atomic E-state index is 0.182. The van der Waals surface area contributed by atoms with Crippen LogP contribution in [0.2, 0.25) is 0 Å². The van der Waals surface area contributed by atoms with Crippen LogP contribution in [0.5, 0.6) is 0 Å². The summed E-state index contributed by atoms with van der Waals surface area (Å²) in [7, 11) is 0. The Balaban J connectivity index is 1.67. The molecule has 23 heavy (non-hydrogen) atoms. The number of amides is 1. The molecule has 1 saturated heterocycles. The van der Waals surface area contributed by atoms with Crippen molar-refractivity contribution < 1.29 is 4.79 Å². The van der Waals surface area contributed by atoms with Crippen molar-refractivity contribution in [2.45, 2.75) is 46.1 Å². The topological polar surface area (TPSA) is 51.0 Å². The summed E-state index contributed by atoms with van der Waals surface area (Å²) in [6.45, 7) is 7.64. The first-order valence-electron chi connectivity index (χ1n) is 8.25. The number of aromatic nitrogens is 3. The minimum Gasteiger partial charge on any atom is -0.340 e. The number of likely N-dealkylation sites (tertiary alicyclic amines) is 1. The predicted octanol–water partition coefficient (Wildman–Crippen LogP) is 2.61. The van der Waals surface area contributed by atoms with Gasteiger partial charge < -0.3 is 4.90 Å². The molecular weight excluding hydrogens is 288 g/mol.